The Bertz CT molecular complexity index is 637. The zero-order valence-electron chi connectivity index (χ0n) is 17.1. The lowest BCUT2D eigenvalue weighted by molar-refractivity contribution is -0.194. The van der Waals surface area contributed by atoms with Gasteiger partial charge in [0.25, 0.3) is 0 Å². The zero-order valence-corrected chi connectivity index (χ0v) is 17.1. The molecule has 27 heavy (non-hydrogen) atoms. The second-order valence-electron chi connectivity index (χ2n) is 8.80. The second kappa shape index (κ2) is 8.17. The molecule has 0 aromatic carbocycles. The van der Waals surface area contributed by atoms with Gasteiger partial charge in [0.1, 0.15) is 11.5 Å². The maximum Gasteiger partial charge on any atom is 0.313 e. The number of allylic oxidation sites excluding steroid dienone is 2. The van der Waals surface area contributed by atoms with Crippen LogP contribution in [0.5, 0.6) is 0 Å². The highest BCUT2D eigenvalue weighted by Gasteiger charge is 2.62. The average Bonchev–Trinajstić information content (AvgIpc) is 2.56. The van der Waals surface area contributed by atoms with E-state index >= 15 is 0 Å². The van der Waals surface area contributed by atoms with E-state index in [9.17, 15) is 14.7 Å². The molecule has 0 saturated heterocycles. The minimum absolute atomic E-state index is 0.0402. The maximum atomic E-state index is 12.4. The van der Waals surface area contributed by atoms with Crippen molar-refractivity contribution in [1.82, 2.24) is 0 Å². The highest BCUT2D eigenvalue weighted by molar-refractivity contribution is 5.77. The molecule has 0 unspecified atom stereocenters. The molecule has 2 rings (SSSR count). The summed E-state index contributed by atoms with van der Waals surface area (Å²) in [5, 5.41) is 19.2. The van der Waals surface area contributed by atoms with Crippen molar-refractivity contribution >= 4 is 11.9 Å². The van der Waals surface area contributed by atoms with Crippen LogP contribution in [-0.2, 0) is 14.3 Å². The molecule has 152 valence electrons. The largest absolute Gasteiger partial charge is 0.481 e. The number of carbonyl (C=O) groups excluding carboxylic acids is 1. The molecule has 2 saturated carbocycles. The molecule has 5 heteroatoms. The van der Waals surface area contributed by atoms with E-state index in [0.29, 0.717) is 6.42 Å². The van der Waals surface area contributed by atoms with E-state index in [4.69, 9.17) is 9.84 Å². The topological polar surface area (TPSA) is 83.8 Å². The van der Waals surface area contributed by atoms with Crippen LogP contribution in [0.3, 0.4) is 0 Å². The van der Waals surface area contributed by atoms with Gasteiger partial charge in [0.15, 0.2) is 0 Å². The van der Waals surface area contributed by atoms with Gasteiger partial charge in [0.05, 0.1) is 6.61 Å². The summed E-state index contributed by atoms with van der Waals surface area (Å²) in [6, 6.07) is 0. The predicted octanol–water partition coefficient (Wildman–Crippen LogP) is 4.11. The number of carbonyl (C=O) groups is 2. The molecule has 0 spiro atoms. The minimum atomic E-state index is -1.09. The number of carboxylic acids is 1. The number of esters is 1. The van der Waals surface area contributed by atoms with Gasteiger partial charge in [-0.05, 0) is 69.6 Å². The molecule has 0 radical (unpaired) electrons. The Morgan fingerprint density at radius 1 is 1.30 bits per heavy atom. The molecule has 2 fully saturated rings. The average molecular weight is 379 g/mol. The van der Waals surface area contributed by atoms with Crippen LogP contribution in [0.2, 0.25) is 0 Å². The van der Waals surface area contributed by atoms with Gasteiger partial charge in [-0.15, -0.1) is 0 Å². The van der Waals surface area contributed by atoms with Crippen molar-refractivity contribution < 1.29 is 24.5 Å². The third-order valence-corrected chi connectivity index (χ3v) is 7.21. The molecule has 0 bridgehead atoms. The third-order valence-electron chi connectivity index (χ3n) is 7.21. The summed E-state index contributed by atoms with van der Waals surface area (Å²) >= 11 is 0. The molecular formula is C22H34O5. The Morgan fingerprint density at radius 2 is 1.96 bits per heavy atom. The van der Waals surface area contributed by atoms with Crippen LogP contribution < -0.4 is 0 Å². The highest BCUT2D eigenvalue weighted by atomic mass is 16.5. The first-order chi connectivity index (χ1) is 12.6. The first-order valence-corrected chi connectivity index (χ1v) is 9.92. The van der Waals surface area contributed by atoms with Crippen LogP contribution in [0.25, 0.3) is 0 Å². The molecular weight excluding hydrogens is 344 g/mol. The normalized spacial score (nSPS) is 36.9. The van der Waals surface area contributed by atoms with Crippen molar-refractivity contribution in [1.29, 1.82) is 0 Å². The lowest BCUT2D eigenvalue weighted by Gasteiger charge is -2.59. The van der Waals surface area contributed by atoms with Crippen LogP contribution >= 0.6 is 0 Å². The summed E-state index contributed by atoms with van der Waals surface area (Å²) in [5.41, 5.74) is 1.07. The summed E-state index contributed by atoms with van der Waals surface area (Å²) in [6.07, 6.45) is 5.96. The van der Waals surface area contributed by atoms with Gasteiger partial charge >= 0.3 is 11.9 Å². The summed E-state index contributed by atoms with van der Waals surface area (Å²) in [5.74, 6) is -1.14. The van der Waals surface area contributed by atoms with Crippen LogP contribution in [0.15, 0.2) is 23.8 Å². The van der Waals surface area contributed by atoms with E-state index in [1.165, 1.54) is 12.5 Å². The quantitative estimate of drug-likeness (QED) is 0.537. The van der Waals surface area contributed by atoms with Gasteiger partial charge in [0, 0.05) is 6.92 Å². The number of ether oxygens (including phenoxy) is 1. The zero-order chi connectivity index (χ0) is 20.4. The van der Waals surface area contributed by atoms with Gasteiger partial charge in [-0.1, -0.05) is 30.7 Å². The molecule has 2 aliphatic carbocycles. The molecule has 0 heterocycles. The van der Waals surface area contributed by atoms with E-state index < -0.39 is 23.5 Å². The van der Waals surface area contributed by atoms with Gasteiger partial charge in [0.2, 0.25) is 0 Å². The first kappa shape index (κ1) is 21.7. The smallest absolute Gasteiger partial charge is 0.313 e. The SMILES string of the molecule is C=C1CC[C@@H]2[C@](C)(CC[C@@H](OC(C)=O)[C@]2(C)C(=O)O)[C@H]1CC/C(C)=C/CO. The molecule has 0 aliphatic heterocycles. The molecule has 0 aromatic heterocycles. The molecule has 5 nitrogen and oxygen atoms in total. The minimum Gasteiger partial charge on any atom is -0.481 e. The number of aliphatic hydroxyl groups excluding tert-OH is 1. The van der Waals surface area contributed by atoms with Gasteiger partial charge in [-0.25, -0.2) is 0 Å². The number of carboxylic acid groups (broad SMARTS) is 1. The summed E-state index contributed by atoms with van der Waals surface area (Å²) in [6.45, 7) is 11.7. The maximum absolute atomic E-state index is 12.4. The van der Waals surface area contributed by atoms with Crippen molar-refractivity contribution in [2.75, 3.05) is 6.61 Å². The fourth-order valence-electron chi connectivity index (χ4n) is 5.67. The Morgan fingerprint density at radius 3 is 2.52 bits per heavy atom. The number of fused-ring (bicyclic) bond motifs is 1. The Labute approximate surface area is 162 Å². The van der Waals surface area contributed by atoms with Gasteiger partial charge in [-0.3, -0.25) is 9.59 Å². The lowest BCUT2D eigenvalue weighted by atomic mass is 9.46. The summed E-state index contributed by atoms with van der Waals surface area (Å²) in [4.78, 5) is 23.9. The number of hydrogen-bond donors (Lipinski definition) is 2. The molecule has 2 aliphatic rings. The van der Waals surface area contributed by atoms with Crippen molar-refractivity contribution in [2.45, 2.75) is 72.3 Å². The number of hydrogen-bond acceptors (Lipinski definition) is 4. The molecule has 0 amide bonds. The van der Waals surface area contributed by atoms with E-state index in [1.807, 2.05) is 13.0 Å². The van der Waals surface area contributed by atoms with Crippen LogP contribution in [0, 0.1) is 22.7 Å². The first-order valence-electron chi connectivity index (χ1n) is 9.92. The van der Waals surface area contributed by atoms with Crippen molar-refractivity contribution in [3.8, 4) is 0 Å². The van der Waals surface area contributed by atoms with Crippen molar-refractivity contribution in [3.63, 3.8) is 0 Å². The molecule has 5 atom stereocenters. The van der Waals surface area contributed by atoms with Crippen molar-refractivity contribution in [2.24, 2.45) is 22.7 Å². The van der Waals surface area contributed by atoms with Crippen LogP contribution in [0.1, 0.15) is 66.2 Å². The second-order valence-corrected chi connectivity index (χ2v) is 8.80. The Kier molecular flexibility index (Phi) is 6.56. The van der Waals surface area contributed by atoms with E-state index in [2.05, 4.69) is 13.5 Å². The van der Waals surface area contributed by atoms with E-state index in [1.54, 1.807) is 6.92 Å². The molecule has 0 aromatic rings. The van der Waals surface area contributed by atoms with E-state index in [0.717, 1.165) is 37.7 Å². The lowest BCUT2D eigenvalue weighted by Crippen LogP contribution is -2.60. The Hall–Kier alpha value is -1.62. The fourth-order valence-corrected chi connectivity index (χ4v) is 5.67. The highest BCUT2D eigenvalue weighted by Crippen LogP contribution is 2.62. The number of rotatable bonds is 6. The Balaban J connectivity index is 2.35. The standard InChI is InChI=1S/C22H34O5/c1-14(11-13-23)6-8-17-15(2)7-9-18-21(17,4)12-10-19(27-16(3)24)22(18,5)20(25)26/h11,17-19,23H,2,6-10,12-13H2,1,3-5H3,(H,25,26)/b14-11+/t17-,18+,19+,21+,22+/m0/s1. The number of aliphatic carboxylic acids is 1. The monoisotopic (exact) mass is 378 g/mol. The van der Waals surface area contributed by atoms with Crippen LogP contribution in [0.4, 0.5) is 0 Å². The predicted molar refractivity (Wildman–Crippen MR) is 104 cm³/mol. The molecule has 2 N–H and O–H groups in total. The summed E-state index contributed by atoms with van der Waals surface area (Å²) < 4.78 is 5.48. The van der Waals surface area contributed by atoms with E-state index in [-0.39, 0.29) is 23.9 Å². The fraction of sp³-hybridized carbons (Fsp3) is 0.727. The van der Waals surface area contributed by atoms with Crippen LogP contribution in [-0.4, -0.2) is 34.9 Å². The van der Waals surface area contributed by atoms with Crippen molar-refractivity contribution in [3.05, 3.63) is 23.8 Å². The van der Waals surface area contributed by atoms with Gasteiger partial charge in [-0.2, -0.15) is 0 Å². The van der Waals surface area contributed by atoms with Gasteiger partial charge < -0.3 is 14.9 Å². The third kappa shape index (κ3) is 3.98. The summed E-state index contributed by atoms with van der Waals surface area (Å²) in [7, 11) is 0. The number of aliphatic hydroxyl groups is 1.